The summed E-state index contributed by atoms with van der Waals surface area (Å²) in [5.41, 5.74) is 11.9. The number of hydrogen-bond acceptors (Lipinski definition) is 15. The highest BCUT2D eigenvalue weighted by atomic mass is 32.2. The number of nitrogens with one attached hydrogen (secondary N) is 5. The maximum atomic E-state index is 13.0. The first-order valence-electron chi connectivity index (χ1n) is 35.0. The number of rotatable bonds is 10. The van der Waals surface area contributed by atoms with Gasteiger partial charge in [0, 0.05) is 178 Å². The third-order valence-corrected chi connectivity index (χ3v) is 27.4. The number of pyridine rings is 3. The molecule has 0 atom stereocenters. The number of aromatic nitrogens is 9. The van der Waals surface area contributed by atoms with Crippen LogP contribution >= 0.6 is 0 Å². The summed E-state index contributed by atoms with van der Waals surface area (Å²) in [6.07, 6.45) is 32.6. The second kappa shape index (κ2) is 31.0. The second-order valence-electron chi connectivity index (χ2n) is 27.6. The Morgan fingerprint density at radius 1 is 0.534 bits per heavy atom. The molecule has 5 saturated heterocycles. The van der Waals surface area contributed by atoms with Crippen molar-refractivity contribution in [2.75, 3.05) is 89.5 Å². The van der Waals surface area contributed by atoms with E-state index in [1.165, 1.54) is 62.3 Å². The van der Waals surface area contributed by atoms with Crippen LogP contribution in [-0.2, 0) is 61.6 Å². The summed E-state index contributed by atoms with van der Waals surface area (Å²) in [5.74, 6) is 1.88. The van der Waals surface area contributed by atoms with Gasteiger partial charge in [0.05, 0.1) is 59.4 Å². The highest BCUT2D eigenvalue weighted by molar-refractivity contribution is 7.89. The lowest BCUT2D eigenvalue weighted by Gasteiger charge is -2.37. The van der Waals surface area contributed by atoms with Gasteiger partial charge in [-0.15, -0.1) is 0 Å². The molecule has 0 bridgehead atoms. The van der Waals surface area contributed by atoms with Gasteiger partial charge in [-0.2, -0.15) is 14.7 Å². The lowest BCUT2D eigenvalue weighted by molar-refractivity contribution is -0.129. The van der Waals surface area contributed by atoms with Gasteiger partial charge in [-0.05, 0) is 172 Å². The first-order chi connectivity index (χ1) is 49.2. The molecule has 546 valence electrons. The van der Waals surface area contributed by atoms with Crippen LogP contribution in [0.1, 0.15) is 141 Å². The van der Waals surface area contributed by atoms with E-state index in [-0.39, 0.29) is 16.7 Å². The number of aromatic amines is 4. The van der Waals surface area contributed by atoms with Gasteiger partial charge in [-0.25, -0.2) is 46.6 Å². The molecular weight excluding hydrogens is 1390 g/mol. The van der Waals surface area contributed by atoms with Gasteiger partial charge in [0.1, 0.15) is 4.90 Å². The van der Waals surface area contributed by atoms with E-state index < -0.39 is 45.5 Å². The fraction of sp³-hybridized carbons (Fsp3) is 0.438. The van der Waals surface area contributed by atoms with E-state index in [0.29, 0.717) is 107 Å². The monoisotopic (exact) mass is 1480 g/mol. The van der Waals surface area contributed by atoms with E-state index >= 15 is 0 Å². The molecule has 26 nitrogen and oxygen atoms in total. The van der Waals surface area contributed by atoms with Crippen molar-refractivity contribution in [3.8, 4) is 6.07 Å². The van der Waals surface area contributed by atoms with Gasteiger partial charge in [-0.1, -0.05) is 18.2 Å². The van der Waals surface area contributed by atoms with Crippen molar-refractivity contribution in [2.24, 2.45) is 0 Å². The first kappa shape index (κ1) is 74.1. The summed E-state index contributed by atoms with van der Waals surface area (Å²) in [6, 6.07) is 21.5. The van der Waals surface area contributed by atoms with Crippen LogP contribution in [0.3, 0.4) is 0 Å². The predicted octanol–water partition coefficient (Wildman–Crippen LogP) is 9.76. The zero-order valence-corrected chi connectivity index (χ0v) is 62.2. The number of piperidine rings is 5. The number of benzene rings is 2. The van der Waals surface area contributed by atoms with Crippen molar-refractivity contribution < 1.29 is 43.3 Å². The number of anilines is 1. The van der Waals surface area contributed by atoms with E-state index in [0.717, 1.165) is 109 Å². The van der Waals surface area contributed by atoms with Gasteiger partial charge in [0.25, 0.3) is 0 Å². The molecule has 6 aliphatic rings. The van der Waals surface area contributed by atoms with E-state index in [1.807, 2.05) is 104 Å². The summed E-state index contributed by atoms with van der Waals surface area (Å²) >= 11 is 0. The number of carbonyl (C=O) groups excluding carboxylic acids is 2. The Labute approximate surface area is 601 Å². The summed E-state index contributed by atoms with van der Waals surface area (Å²) in [6.45, 7) is 11.9. The number of nitriles is 1. The molecule has 16 rings (SSSR count). The number of para-hydroxylation sites is 1. The third kappa shape index (κ3) is 16.2. The molecule has 2 aromatic carbocycles. The quantitative estimate of drug-likeness (QED) is 0.0850. The number of hydrogen-bond donors (Lipinski definition) is 5. The molecule has 0 unspecified atom stereocenters. The zero-order valence-electron chi connectivity index (χ0n) is 58.9. The highest BCUT2D eigenvalue weighted by Gasteiger charge is 2.50. The largest absolute Gasteiger partial charge is 0.361 e. The van der Waals surface area contributed by atoms with Crippen LogP contribution in [0.5, 0.6) is 0 Å². The van der Waals surface area contributed by atoms with Crippen molar-refractivity contribution in [2.45, 2.75) is 126 Å². The van der Waals surface area contributed by atoms with Crippen LogP contribution in [0.4, 0.5) is 5.69 Å². The first-order valence-corrected chi connectivity index (χ1v) is 42.0. The topological polar surface area (TPSA) is 342 Å². The SMILES string of the molecule is CC(=O)N1CCC(c2c[nH]c3ccncc23)CC1.CCn1ncc(S(=O)(=O)N2CCC3(CC2)C(=O)Nc2ccccc23)c1C.CS(=O)(=O)N1CCC(c2c[nH]c3ccc(C#N)cc23)CC1.CS(=O)(=O)N1CCC(c2c[nH]c3ccncc23)CC1.CS(=O)(=O)N1CCC(c2c[nH]c3cnccc23)CC1. The fourth-order valence-electron chi connectivity index (χ4n) is 15.6. The number of H-pyrrole nitrogens is 4. The van der Waals surface area contributed by atoms with Crippen LogP contribution in [0, 0.1) is 18.3 Å². The van der Waals surface area contributed by atoms with Gasteiger partial charge in [0.15, 0.2) is 0 Å². The van der Waals surface area contributed by atoms with Crippen molar-refractivity contribution >= 4 is 101 Å². The number of fused-ring (bicyclic) bond motifs is 6. The van der Waals surface area contributed by atoms with Crippen molar-refractivity contribution in [1.82, 2.24) is 66.8 Å². The van der Waals surface area contributed by atoms with E-state index in [1.54, 1.807) is 56.1 Å². The van der Waals surface area contributed by atoms with Crippen LogP contribution in [0.2, 0.25) is 0 Å². The number of carbonyl (C=O) groups is 2. The lowest BCUT2D eigenvalue weighted by Crippen LogP contribution is -2.48. The maximum Gasteiger partial charge on any atom is 0.246 e. The fourth-order valence-corrected chi connectivity index (χ4v) is 19.9. The molecular formula is C73H90N16O10S4. The van der Waals surface area contributed by atoms with Gasteiger partial charge in [-0.3, -0.25) is 29.2 Å². The Bertz CT molecular complexity index is 5090. The van der Waals surface area contributed by atoms with E-state index in [4.69, 9.17) is 5.26 Å². The minimum atomic E-state index is -3.60. The molecule has 103 heavy (non-hydrogen) atoms. The van der Waals surface area contributed by atoms with Gasteiger partial charge >= 0.3 is 0 Å². The van der Waals surface area contributed by atoms with Gasteiger partial charge in [0.2, 0.25) is 51.9 Å². The average Bonchev–Trinajstić information content (AvgIpc) is 1.61. The number of aryl methyl sites for hydroxylation is 1. The molecule has 1 spiro atoms. The molecule has 30 heteroatoms. The normalized spacial score (nSPS) is 18.6. The van der Waals surface area contributed by atoms with E-state index in [9.17, 15) is 43.3 Å². The van der Waals surface area contributed by atoms with Crippen molar-refractivity contribution in [3.05, 3.63) is 168 Å². The molecule has 5 fully saturated rings. The summed E-state index contributed by atoms with van der Waals surface area (Å²) in [5, 5.41) is 20.8. The number of nitrogens with zero attached hydrogens (tertiary/aromatic N) is 11. The maximum absolute atomic E-state index is 13.0. The molecule has 0 radical (unpaired) electrons. The van der Waals surface area contributed by atoms with Crippen molar-refractivity contribution in [1.29, 1.82) is 5.26 Å². The Morgan fingerprint density at radius 2 is 0.971 bits per heavy atom. The van der Waals surface area contributed by atoms with Crippen LogP contribution < -0.4 is 5.32 Å². The van der Waals surface area contributed by atoms with Crippen LogP contribution in [0.15, 0.2) is 134 Å². The standard InChI is InChI=1S/C18H22N4O3S.C15H17N3O2S.C14H17N3O.2C13H17N3O2S/c1-3-22-13(2)16(12-19-22)26(24,25)21-10-8-18(9-11-21)14-6-4-5-7-15(14)20-17(18)23;1-21(19,20)18-6-4-12(5-7-18)14-10-17-15-3-2-11(9-16)8-13(14)15;1-10(18)17-6-3-11(4-7-17)12-9-16-14-2-5-15-8-13(12)14;1-19(17,18)16-6-3-10(4-7-16)11-9-15-13-2-5-14-8-12(11)13;1-19(17,18)16-6-3-10(4-7-16)12-8-15-13-9-14-5-2-11(12)13/h4-7,12H,3,8-11H2,1-2H3,(H,20,23);2-3,8,10,12,17H,4-7H2,1H3;2,5,8-9,11,16H,3-4,6-7H2,1H3;2*2,5,8-10,15H,3-4,6-7H2,1H3. The Morgan fingerprint density at radius 3 is 1.44 bits per heavy atom. The number of amides is 2. The molecule has 2 amide bonds. The van der Waals surface area contributed by atoms with Gasteiger partial charge < -0.3 is 30.2 Å². The molecule has 10 aromatic rings. The summed E-state index contributed by atoms with van der Waals surface area (Å²) in [7, 11) is -12.8. The molecule has 6 aliphatic heterocycles. The summed E-state index contributed by atoms with van der Waals surface area (Å²) < 4.78 is 103. The van der Waals surface area contributed by atoms with Crippen LogP contribution in [-0.4, -0.2) is 196 Å². The van der Waals surface area contributed by atoms with Crippen molar-refractivity contribution in [3.63, 3.8) is 0 Å². The minimum Gasteiger partial charge on any atom is -0.361 e. The minimum absolute atomic E-state index is 0.0225. The Hall–Kier alpha value is -8.67. The third-order valence-electron chi connectivity index (χ3n) is 21.5. The highest BCUT2D eigenvalue weighted by Crippen LogP contribution is 2.46. The smallest absolute Gasteiger partial charge is 0.246 e. The van der Waals surface area contributed by atoms with Crippen LogP contribution in [0.25, 0.3) is 43.6 Å². The molecule has 8 aromatic heterocycles. The number of likely N-dealkylation sites (tertiary alicyclic amines) is 1. The zero-order chi connectivity index (χ0) is 73.0. The van der Waals surface area contributed by atoms with E-state index in [2.05, 4.69) is 57.6 Å². The summed E-state index contributed by atoms with van der Waals surface area (Å²) in [4.78, 5) is 51.6. The average molecular weight is 1480 g/mol. The molecule has 0 aliphatic carbocycles. The Balaban J connectivity index is 0.000000122. The lowest BCUT2D eigenvalue weighted by atomic mass is 9.74. The Kier molecular flexibility index (Phi) is 22.3. The molecule has 5 N–H and O–H groups in total. The molecule has 14 heterocycles. The molecule has 0 saturated carbocycles. The predicted molar refractivity (Wildman–Crippen MR) is 398 cm³/mol. The second-order valence-corrected chi connectivity index (χ2v) is 35.5. The number of sulfonamides is 4.